The zero-order chi connectivity index (χ0) is 10.4. The Bertz CT molecular complexity index is 289. The molecule has 0 aromatic heterocycles. The first-order valence-electron chi connectivity index (χ1n) is 4.32. The quantitative estimate of drug-likeness (QED) is 0.777. The number of primary amides is 1. The molecule has 1 rings (SSSR count). The predicted molar refractivity (Wildman–Crippen MR) is 57.3 cm³/mol. The maximum Gasteiger partial charge on any atom is 0.404 e. The van der Waals surface area contributed by atoms with Gasteiger partial charge in [0.1, 0.15) is 6.61 Å². The van der Waals surface area contributed by atoms with Crippen LogP contribution in [0.4, 0.5) is 4.79 Å². The van der Waals surface area contributed by atoms with Crippen molar-refractivity contribution in [1.29, 1.82) is 0 Å². The van der Waals surface area contributed by atoms with Crippen molar-refractivity contribution >= 4 is 17.9 Å². The van der Waals surface area contributed by atoms with Crippen molar-refractivity contribution in [3.63, 3.8) is 0 Å². The number of hydrogen-bond donors (Lipinski definition) is 1. The molecule has 0 aliphatic carbocycles. The van der Waals surface area contributed by atoms with Crippen molar-refractivity contribution in [1.82, 2.24) is 0 Å². The van der Waals surface area contributed by atoms with Crippen LogP contribution in [0.5, 0.6) is 0 Å². The summed E-state index contributed by atoms with van der Waals surface area (Å²) in [4.78, 5) is 11.5. The summed E-state index contributed by atoms with van der Waals surface area (Å²) in [6, 6.07) is 9.96. The van der Waals surface area contributed by atoms with Gasteiger partial charge in [-0.3, -0.25) is 0 Å². The van der Waals surface area contributed by atoms with Crippen molar-refractivity contribution in [2.24, 2.45) is 5.73 Å². The van der Waals surface area contributed by atoms with Gasteiger partial charge in [-0.25, -0.2) is 4.79 Å². The lowest BCUT2D eigenvalue weighted by atomic mass is 10.4. The topological polar surface area (TPSA) is 52.3 Å². The van der Waals surface area contributed by atoms with Gasteiger partial charge in [0.25, 0.3) is 0 Å². The van der Waals surface area contributed by atoms with Crippen LogP contribution in [0.2, 0.25) is 0 Å². The fraction of sp³-hybridized carbons (Fsp3) is 0.300. The Morgan fingerprint density at radius 3 is 2.71 bits per heavy atom. The molecule has 0 aliphatic heterocycles. The third-order valence-electron chi connectivity index (χ3n) is 1.54. The molecular formula is C10H13NO2S. The molecule has 1 atom stereocenters. The molecular weight excluding hydrogens is 198 g/mol. The summed E-state index contributed by atoms with van der Waals surface area (Å²) < 4.78 is 4.69. The van der Waals surface area contributed by atoms with Crippen LogP contribution in [0.3, 0.4) is 0 Å². The standard InChI is InChI=1S/C10H13NO2S/c1-8(7-13-10(11)12)14-9-5-3-2-4-6-9/h2-6,8H,7H2,1H3,(H2,11,12). The van der Waals surface area contributed by atoms with Gasteiger partial charge in [0.2, 0.25) is 0 Å². The Kier molecular flexibility index (Phi) is 4.32. The van der Waals surface area contributed by atoms with Crippen LogP contribution in [-0.4, -0.2) is 18.0 Å². The lowest BCUT2D eigenvalue weighted by Crippen LogP contribution is -2.18. The van der Waals surface area contributed by atoms with Crippen molar-refractivity contribution < 1.29 is 9.53 Å². The number of hydrogen-bond acceptors (Lipinski definition) is 3. The average Bonchev–Trinajstić information content (AvgIpc) is 2.16. The smallest absolute Gasteiger partial charge is 0.404 e. The number of nitrogens with two attached hydrogens (primary N) is 1. The molecule has 0 aliphatic rings. The highest BCUT2D eigenvalue weighted by Crippen LogP contribution is 2.22. The van der Waals surface area contributed by atoms with Crippen LogP contribution in [0.25, 0.3) is 0 Å². The number of benzene rings is 1. The Morgan fingerprint density at radius 2 is 2.14 bits per heavy atom. The van der Waals surface area contributed by atoms with E-state index < -0.39 is 6.09 Å². The van der Waals surface area contributed by atoms with Gasteiger partial charge in [-0.1, -0.05) is 18.2 Å². The van der Waals surface area contributed by atoms with E-state index in [0.29, 0.717) is 6.61 Å². The van der Waals surface area contributed by atoms with Crippen LogP contribution in [0.1, 0.15) is 6.92 Å². The van der Waals surface area contributed by atoms with Gasteiger partial charge < -0.3 is 10.5 Å². The fourth-order valence-electron chi connectivity index (χ4n) is 0.965. The number of amides is 1. The molecule has 0 bridgehead atoms. The van der Waals surface area contributed by atoms with E-state index in [2.05, 4.69) is 0 Å². The zero-order valence-corrected chi connectivity index (χ0v) is 8.79. The number of ether oxygens (including phenoxy) is 1. The summed E-state index contributed by atoms with van der Waals surface area (Å²) in [5.41, 5.74) is 4.86. The first kappa shape index (κ1) is 10.9. The second kappa shape index (κ2) is 5.54. The zero-order valence-electron chi connectivity index (χ0n) is 7.97. The summed E-state index contributed by atoms with van der Waals surface area (Å²) in [6.07, 6.45) is -0.717. The average molecular weight is 211 g/mol. The van der Waals surface area contributed by atoms with Crippen molar-refractivity contribution in [3.05, 3.63) is 30.3 Å². The Morgan fingerprint density at radius 1 is 1.50 bits per heavy atom. The van der Waals surface area contributed by atoms with E-state index in [-0.39, 0.29) is 5.25 Å². The lowest BCUT2D eigenvalue weighted by molar-refractivity contribution is 0.158. The van der Waals surface area contributed by atoms with Crippen LogP contribution in [0, 0.1) is 0 Å². The highest BCUT2D eigenvalue weighted by Gasteiger charge is 2.05. The van der Waals surface area contributed by atoms with Gasteiger partial charge in [0.05, 0.1) is 0 Å². The SMILES string of the molecule is CC(COC(N)=O)Sc1ccccc1. The molecule has 0 saturated carbocycles. The third kappa shape index (κ3) is 4.18. The minimum Gasteiger partial charge on any atom is -0.449 e. The molecule has 0 fully saturated rings. The van der Waals surface area contributed by atoms with Crippen LogP contribution < -0.4 is 5.73 Å². The van der Waals surface area contributed by atoms with Crippen molar-refractivity contribution in [3.8, 4) is 0 Å². The van der Waals surface area contributed by atoms with Crippen molar-refractivity contribution in [2.75, 3.05) is 6.61 Å². The van der Waals surface area contributed by atoms with E-state index in [1.165, 1.54) is 0 Å². The normalized spacial score (nSPS) is 12.1. The molecule has 0 radical (unpaired) electrons. The fourth-order valence-corrected chi connectivity index (χ4v) is 1.88. The van der Waals surface area contributed by atoms with Crippen LogP contribution in [-0.2, 0) is 4.74 Å². The second-order valence-corrected chi connectivity index (χ2v) is 4.38. The van der Waals surface area contributed by atoms with E-state index >= 15 is 0 Å². The van der Waals surface area contributed by atoms with Gasteiger partial charge in [-0.05, 0) is 19.1 Å². The lowest BCUT2D eigenvalue weighted by Gasteiger charge is -2.10. The molecule has 76 valence electrons. The van der Waals surface area contributed by atoms with Crippen molar-refractivity contribution in [2.45, 2.75) is 17.1 Å². The minimum absolute atomic E-state index is 0.213. The van der Waals surface area contributed by atoms with E-state index in [9.17, 15) is 4.79 Å². The van der Waals surface area contributed by atoms with Gasteiger partial charge in [0, 0.05) is 10.1 Å². The summed E-state index contributed by atoms with van der Waals surface area (Å²) in [7, 11) is 0. The predicted octanol–water partition coefficient (Wildman–Crippen LogP) is 2.26. The summed E-state index contributed by atoms with van der Waals surface area (Å²) in [6.45, 7) is 2.33. The van der Waals surface area contributed by atoms with Gasteiger partial charge in [0.15, 0.2) is 0 Å². The molecule has 14 heavy (non-hydrogen) atoms. The first-order chi connectivity index (χ1) is 6.68. The maximum atomic E-state index is 10.3. The third-order valence-corrected chi connectivity index (χ3v) is 2.62. The largest absolute Gasteiger partial charge is 0.449 e. The molecule has 0 heterocycles. The molecule has 1 amide bonds. The molecule has 2 N–H and O–H groups in total. The number of rotatable bonds is 4. The molecule has 0 spiro atoms. The van der Waals surface area contributed by atoms with E-state index in [0.717, 1.165) is 4.90 Å². The highest BCUT2D eigenvalue weighted by molar-refractivity contribution is 8.00. The molecule has 0 saturated heterocycles. The number of carbonyl (C=O) groups is 1. The van der Waals surface area contributed by atoms with Crippen LogP contribution >= 0.6 is 11.8 Å². The molecule has 1 aromatic rings. The molecule has 1 unspecified atom stereocenters. The van der Waals surface area contributed by atoms with E-state index in [1.807, 2.05) is 37.3 Å². The van der Waals surface area contributed by atoms with Crippen LogP contribution in [0.15, 0.2) is 35.2 Å². The minimum atomic E-state index is -0.717. The maximum absolute atomic E-state index is 10.3. The summed E-state index contributed by atoms with van der Waals surface area (Å²) in [5.74, 6) is 0. The number of thioether (sulfide) groups is 1. The number of carbonyl (C=O) groups excluding carboxylic acids is 1. The molecule has 1 aromatic carbocycles. The summed E-state index contributed by atoms with van der Waals surface area (Å²) in [5, 5.41) is 0.213. The van der Waals surface area contributed by atoms with Gasteiger partial charge >= 0.3 is 6.09 Å². The monoisotopic (exact) mass is 211 g/mol. The van der Waals surface area contributed by atoms with E-state index in [1.54, 1.807) is 11.8 Å². The molecule has 4 heteroatoms. The molecule has 3 nitrogen and oxygen atoms in total. The Hall–Kier alpha value is -1.16. The second-order valence-electron chi connectivity index (χ2n) is 2.87. The summed E-state index contributed by atoms with van der Waals surface area (Å²) >= 11 is 1.65. The van der Waals surface area contributed by atoms with E-state index in [4.69, 9.17) is 10.5 Å². The highest BCUT2D eigenvalue weighted by atomic mass is 32.2. The van der Waals surface area contributed by atoms with Gasteiger partial charge in [-0.2, -0.15) is 0 Å². The van der Waals surface area contributed by atoms with Gasteiger partial charge in [-0.15, -0.1) is 11.8 Å². The Balaban J connectivity index is 2.34. The first-order valence-corrected chi connectivity index (χ1v) is 5.20. The Labute approximate surface area is 87.6 Å².